The Morgan fingerprint density at radius 2 is 1.93 bits per heavy atom. The van der Waals surface area contributed by atoms with Crippen LogP contribution in [0.25, 0.3) is 22.2 Å². The highest BCUT2D eigenvalue weighted by atomic mass is 35.5. The SMILES string of the molecule is CCOc1c(C)cc(C(CNC(=O)c2cc(OC)c3nn(C4CC4)cc3c2)C2CC2)nc1-c1ccc(C(F)(F)F)cc1Cl. The van der Waals surface area contributed by atoms with Crippen molar-refractivity contribution in [3.8, 4) is 22.8 Å². The largest absolute Gasteiger partial charge is 0.494 e. The van der Waals surface area contributed by atoms with Gasteiger partial charge in [0, 0.05) is 40.9 Å². The normalized spacial score (nSPS) is 15.9. The minimum atomic E-state index is -4.52. The number of fused-ring (bicyclic) bond motifs is 1. The number of halogens is 4. The van der Waals surface area contributed by atoms with Gasteiger partial charge in [0.15, 0.2) is 0 Å². The second-order valence-electron chi connectivity index (χ2n) is 11.3. The fourth-order valence-electron chi connectivity index (χ4n) is 5.52. The molecule has 2 fully saturated rings. The van der Waals surface area contributed by atoms with Gasteiger partial charge in [0.1, 0.15) is 22.7 Å². The molecule has 1 atom stereocenters. The molecule has 2 aliphatic rings. The molecule has 226 valence electrons. The lowest BCUT2D eigenvalue weighted by Crippen LogP contribution is -2.29. The van der Waals surface area contributed by atoms with Crippen molar-refractivity contribution in [3.63, 3.8) is 0 Å². The first-order valence-corrected chi connectivity index (χ1v) is 14.8. The number of hydrogen-bond donors (Lipinski definition) is 1. The van der Waals surface area contributed by atoms with Crippen LogP contribution in [0.4, 0.5) is 13.2 Å². The van der Waals surface area contributed by atoms with Crippen molar-refractivity contribution in [1.29, 1.82) is 0 Å². The first kappa shape index (κ1) is 29.3. The molecule has 0 aliphatic heterocycles. The van der Waals surface area contributed by atoms with Gasteiger partial charge in [-0.2, -0.15) is 18.3 Å². The Balaban J connectivity index is 1.29. The predicted octanol–water partition coefficient (Wildman–Crippen LogP) is 7.74. The maximum absolute atomic E-state index is 13.4. The van der Waals surface area contributed by atoms with E-state index in [4.69, 9.17) is 26.1 Å². The lowest BCUT2D eigenvalue weighted by atomic mass is 9.95. The molecule has 2 saturated carbocycles. The summed E-state index contributed by atoms with van der Waals surface area (Å²) in [6.45, 7) is 4.40. The number of amides is 1. The average molecular weight is 613 g/mol. The van der Waals surface area contributed by atoms with E-state index in [9.17, 15) is 18.0 Å². The number of ether oxygens (including phenoxy) is 2. The van der Waals surface area contributed by atoms with Gasteiger partial charge in [0.25, 0.3) is 5.91 Å². The Kier molecular flexibility index (Phi) is 7.75. The van der Waals surface area contributed by atoms with Gasteiger partial charge in [-0.05, 0) is 81.3 Å². The lowest BCUT2D eigenvalue weighted by molar-refractivity contribution is -0.137. The van der Waals surface area contributed by atoms with E-state index in [1.54, 1.807) is 13.2 Å². The van der Waals surface area contributed by atoms with E-state index < -0.39 is 11.7 Å². The Labute approximate surface area is 252 Å². The van der Waals surface area contributed by atoms with E-state index in [0.29, 0.717) is 53.4 Å². The van der Waals surface area contributed by atoms with Crippen LogP contribution in [0.2, 0.25) is 5.02 Å². The molecule has 7 nitrogen and oxygen atoms in total. The summed E-state index contributed by atoms with van der Waals surface area (Å²) in [5.41, 5.74) is 2.63. The number of carbonyl (C=O) groups is 1. The number of nitrogens with one attached hydrogen (secondary N) is 1. The molecule has 2 aliphatic carbocycles. The van der Waals surface area contributed by atoms with Gasteiger partial charge in [-0.25, -0.2) is 4.98 Å². The predicted molar refractivity (Wildman–Crippen MR) is 158 cm³/mol. The van der Waals surface area contributed by atoms with Gasteiger partial charge < -0.3 is 14.8 Å². The van der Waals surface area contributed by atoms with Gasteiger partial charge >= 0.3 is 6.18 Å². The van der Waals surface area contributed by atoms with E-state index in [1.165, 1.54) is 6.07 Å². The molecular formula is C32H32ClF3N4O3. The number of carbonyl (C=O) groups excluding carboxylic acids is 1. The molecule has 2 aromatic carbocycles. The fraction of sp³-hybridized carbons (Fsp3) is 0.406. The lowest BCUT2D eigenvalue weighted by Gasteiger charge is -2.21. The average Bonchev–Trinajstić information content (AvgIpc) is 3.91. The Hall–Kier alpha value is -3.79. The molecule has 0 bridgehead atoms. The summed E-state index contributed by atoms with van der Waals surface area (Å²) >= 11 is 6.39. The van der Waals surface area contributed by atoms with E-state index in [2.05, 4.69) is 10.4 Å². The van der Waals surface area contributed by atoms with E-state index in [1.807, 2.05) is 36.9 Å². The zero-order chi connectivity index (χ0) is 30.5. The third-order valence-corrected chi connectivity index (χ3v) is 8.38. The number of rotatable bonds is 10. The minimum Gasteiger partial charge on any atom is -0.494 e. The number of nitrogens with zero attached hydrogens (tertiary/aromatic N) is 3. The summed E-state index contributed by atoms with van der Waals surface area (Å²) in [6, 6.07) is 9.12. The summed E-state index contributed by atoms with van der Waals surface area (Å²) in [7, 11) is 1.57. The Morgan fingerprint density at radius 3 is 2.56 bits per heavy atom. The van der Waals surface area contributed by atoms with Crippen LogP contribution in [0.1, 0.15) is 71.7 Å². The van der Waals surface area contributed by atoms with Crippen LogP contribution in [0.3, 0.4) is 0 Å². The highest BCUT2D eigenvalue weighted by Crippen LogP contribution is 2.45. The molecular weight excluding hydrogens is 581 g/mol. The Bertz CT molecular complexity index is 1700. The second kappa shape index (κ2) is 11.4. The molecule has 0 radical (unpaired) electrons. The summed E-state index contributed by atoms with van der Waals surface area (Å²) in [6.07, 6.45) is 1.61. The fourth-order valence-corrected chi connectivity index (χ4v) is 5.79. The maximum atomic E-state index is 13.4. The van der Waals surface area contributed by atoms with Crippen molar-refractivity contribution in [2.24, 2.45) is 5.92 Å². The zero-order valence-corrected chi connectivity index (χ0v) is 24.9. The second-order valence-corrected chi connectivity index (χ2v) is 11.7. The number of pyridine rings is 1. The molecule has 6 rings (SSSR count). The van der Waals surface area contributed by atoms with Crippen LogP contribution >= 0.6 is 11.6 Å². The smallest absolute Gasteiger partial charge is 0.416 e. The van der Waals surface area contributed by atoms with E-state index >= 15 is 0 Å². The molecule has 1 unspecified atom stereocenters. The highest BCUT2D eigenvalue weighted by Gasteiger charge is 2.35. The van der Waals surface area contributed by atoms with Crippen LogP contribution in [-0.2, 0) is 6.18 Å². The van der Waals surface area contributed by atoms with Crippen LogP contribution in [-0.4, -0.2) is 40.9 Å². The first-order valence-electron chi connectivity index (χ1n) is 14.4. The molecule has 0 spiro atoms. The molecule has 43 heavy (non-hydrogen) atoms. The van der Waals surface area contributed by atoms with Crippen LogP contribution in [0.15, 0.2) is 42.6 Å². The number of alkyl halides is 3. The number of methoxy groups -OCH3 is 1. The van der Waals surface area contributed by atoms with Crippen LogP contribution in [0.5, 0.6) is 11.5 Å². The summed E-state index contributed by atoms with van der Waals surface area (Å²) in [5.74, 6) is 0.989. The van der Waals surface area contributed by atoms with Crippen LogP contribution < -0.4 is 14.8 Å². The van der Waals surface area contributed by atoms with Crippen molar-refractivity contribution in [2.75, 3.05) is 20.3 Å². The molecule has 2 heterocycles. The maximum Gasteiger partial charge on any atom is 0.416 e. The van der Waals surface area contributed by atoms with Crippen molar-refractivity contribution >= 4 is 28.4 Å². The quantitative estimate of drug-likeness (QED) is 0.198. The van der Waals surface area contributed by atoms with Gasteiger partial charge in [-0.3, -0.25) is 9.48 Å². The zero-order valence-electron chi connectivity index (χ0n) is 24.1. The minimum absolute atomic E-state index is 0.0644. The first-order chi connectivity index (χ1) is 20.6. The molecule has 2 aromatic heterocycles. The van der Waals surface area contributed by atoms with Gasteiger partial charge in [-0.1, -0.05) is 17.7 Å². The van der Waals surface area contributed by atoms with Crippen molar-refractivity contribution in [1.82, 2.24) is 20.1 Å². The third kappa shape index (κ3) is 6.02. The van der Waals surface area contributed by atoms with Crippen molar-refractivity contribution in [2.45, 2.75) is 57.7 Å². The summed E-state index contributed by atoms with van der Waals surface area (Å²) in [4.78, 5) is 18.3. The van der Waals surface area contributed by atoms with Crippen molar-refractivity contribution < 1.29 is 27.4 Å². The van der Waals surface area contributed by atoms with Gasteiger partial charge in [0.05, 0.1) is 30.3 Å². The van der Waals surface area contributed by atoms with E-state index in [-0.39, 0.29) is 16.8 Å². The van der Waals surface area contributed by atoms with Gasteiger partial charge in [0.2, 0.25) is 0 Å². The molecule has 0 saturated heterocycles. The van der Waals surface area contributed by atoms with Gasteiger partial charge in [-0.15, -0.1) is 0 Å². The Morgan fingerprint density at radius 1 is 1.16 bits per heavy atom. The molecule has 1 N–H and O–H groups in total. The standard InChI is InChI=1S/C32H32ClF3N4O3/c1-4-43-30-17(2)11-26(38-29(30)23-10-7-21(14-25(23)33)32(34,35)36)24(18-5-6-18)15-37-31(41)19-12-20-16-40(22-8-9-22)39-28(20)27(13-19)42-3/h7,10-14,16,18,22,24H,4-6,8-9,15H2,1-3H3,(H,37,41). The molecule has 4 aromatic rings. The monoisotopic (exact) mass is 612 g/mol. The highest BCUT2D eigenvalue weighted by molar-refractivity contribution is 6.33. The summed E-state index contributed by atoms with van der Waals surface area (Å²) < 4.78 is 53.3. The molecule has 11 heteroatoms. The van der Waals surface area contributed by atoms with E-state index in [0.717, 1.165) is 60.0 Å². The summed E-state index contributed by atoms with van der Waals surface area (Å²) in [5, 5.41) is 8.52. The topological polar surface area (TPSA) is 78.3 Å². The van der Waals surface area contributed by atoms with Crippen molar-refractivity contribution in [3.05, 3.63) is 70.0 Å². The molecule has 1 amide bonds. The third-order valence-electron chi connectivity index (χ3n) is 8.07. The number of hydrogen-bond acceptors (Lipinski definition) is 5. The number of aryl methyl sites for hydroxylation is 1. The number of benzene rings is 2. The number of aromatic nitrogens is 3. The van der Waals surface area contributed by atoms with Crippen LogP contribution in [0, 0.1) is 12.8 Å².